The first kappa shape index (κ1) is 15.4. The Labute approximate surface area is 119 Å². The summed E-state index contributed by atoms with van der Waals surface area (Å²) in [6.07, 6.45) is 3.43. The fraction of sp³-hybridized carbons (Fsp3) is 0.833. The van der Waals surface area contributed by atoms with Gasteiger partial charge >= 0.3 is 0 Å². The molecule has 7 nitrogen and oxygen atoms in total. The molecule has 1 atom stereocenters. The molecule has 0 amide bonds. The number of hydrogen-bond acceptors (Lipinski definition) is 7. The average molecular weight is 302 g/mol. The van der Waals surface area contributed by atoms with E-state index in [4.69, 9.17) is 4.52 Å². The van der Waals surface area contributed by atoms with Crippen molar-refractivity contribution < 1.29 is 12.9 Å². The number of nitrogens with zero attached hydrogens (tertiary/aromatic N) is 3. The summed E-state index contributed by atoms with van der Waals surface area (Å²) < 4.78 is 27.2. The van der Waals surface area contributed by atoms with Crippen molar-refractivity contribution in [2.75, 3.05) is 31.6 Å². The van der Waals surface area contributed by atoms with Crippen molar-refractivity contribution in [3.05, 3.63) is 11.7 Å². The van der Waals surface area contributed by atoms with Crippen molar-refractivity contribution in [2.24, 2.45) is 0 Å². The van der Waals surface area contributed by atoms with Gasteiger partial charge in [0.05, 0.1) is 12.3 Å². The Morgan fingerprint density at radius 3 is 2.95 bits per heavy atom. The van der Waals surface area contributed by atoms with E-state index in [2.05, 4.69) is 20.4 Å². The lowest BCUT2D eigenvalue weighted by Gasteiger charge is -2.32. The van der Waals surface area contributed by atoms with Gasteiger partial charge in [-0.1, -0.05) is 5.16 Å². The molecule has 0 spiro atoms. The van der Waals surface area contributed by atoms with Gasteiger partial charge in [0, 0.05) is 32.3 Å². The second-order valence-electron chi connectivity index (χ2n) is 5.39. The molecule has 0 bridgehead atoms. The topological polar surface area (TPSA) is 88.3 Å². The van der Waals surface area contributed by atoms with Gasteiger partial charge in [-0.25, -0.2) is 8.42 Å². The van der Waals surface area contributed by atoms with Gasteiger partial charge < -0.3 is 9.84 Å². The molecule has 1 saturated heterocycles. The van der Waals surface area contributed by atoms with Crippen LogP contribution >= 0.6 is 0 Å². The maximum Gasteiger partial charge on any atom is 0.223 e. The second-order valence-corrected chi connectivity index (χ2v) is 7.65. The Morgan fingerprint density at radius 2 is 2.30 bits per heavy atom. The SMILES string of the molecule is Cc1nc(CN2CCCC(NCCS(C)(=O)=O)C2)no1. The van der Waals surface area contributed by atoms with Crippen molar-refractivity contribution in [3.8, 4) is 0 Å². The fourth-order valence-electron chi connectivity index (χ4n) is 2.42. The molecular formula is C12H22N4O3S. The summed E-state index contributed by atoms with van der Waals surface area (Å²) in [4.78, 5) is 6.47. The third-order valence-corrected chi connectivity index (χ3v) is 4.29. The molecule has 1 N–H and O–H groups in total. The predicted molar refractivity (Wildman–Crippen MR) is 75.0 cm³/mol. The maximum absolute atomic E-state index is 11.1. The summed E-state index contributed by atoms with van der Waals surface area (Å²) in [7, 11) is -2.89. The number of hydrogen-bond donors (Lipinski definition) is 1. The highest BCUT2D eigenvalue weighted by Crippen LogP contribution is 2.12. The molecule has 1 fully saturated rings. The van der Waals surface area contributed by atoms with Crippen molar-refractivity contribution in [1.82, 2.24) is 20.4 Å². The van der Waals surface area contributed by atoms with E-state index in [1.165, 1.54) is 6.26 Å². The van der Waals surface area contributed by atoms with Crippen LogP contribution in [0.3, 0.4) is 0 Å². The molecule has 114 valence electrons. The maximum atomic E-state index is 11.1. The number of aromatic nitrogens is 2. The number of aryl methyl sites for hydroxylation is 1. The molecule has 20 heavy (non-hydrogen) atoms. The van der Waals surface area contributed by atoms with Crippen LogP contribution in [0.5, 0.6) is 0 Å². The highest BCUT2D eigenvalue weighted by molar-refractivity contribution is 7.90. The largest absolute Gasteiger partial charge is 0.340 e. The first-order valence-electron chi connectivity index (χ1n) is 6.85. The summed E-state index contributed by atoms with van der Waals surface area (Å²) in [6.45, 7) is 4.87. The van der Waals surface area contributed by atoms with Crippen LogP contribution in [0, 0.1) is 6.92 Å². The Kier molecular flexibility index (Phi) is 5.11. The van der Waals surface area contributed by atoms with E-state index in [-0.39, 0.29) is 5.75 Å². The van der Waals surface area contributed by atoms with Crippen molar-refractivity contribution >= 4 is 9.84 Å². The molecule has 1 aliphatic heterocycles. The lowest BCUT2D eigenvalue weighted by Crippen LogP contribution is -2.46. The fourth-order valence-corrected chi connectivity index (χ4v) is 2.91. The van der Waals surface area contributed by atoms with Gasteiger partial charge in [-0.15, -0.1) is 0 Å². The van der Waals surface area contributed by atoms with E-state index in [9.17, 15) is 8.42 Å². The molecule has 1 aliphatic rings. The van der Waals surface area contributed by atoms with Gasteiger partial charge in [-0.2, -0.15) is 4.98 Å². The van der Waals surface area contributed by atoms with E-state index in [1.807, 2.05) is 0 Å². The molecular weight excluding hydrogens is 280 g/mol. The lowest BCUT2D eigenvalue weighted by molar-refractivity contribution is 0.179. The molecule has 2 rings (SSSR count). The van der Waals surface area contributed by atoms with Gasteiger partial charge in [0.2, 0.25) is 5.89 Å². The van der Waals surface area contributed by atoms with E-state index in [1.54, 1.807) is 6.92 Å². The first-order valence-corrected chi connectivity index (χ1v) is 8.91. The number of rotatable bonds is 6. The monoisotopic (exact) mass is 302 g/mol. The highest BCUT2D eigenvalue weighted by atomic mass is 32.2. The van der Waals surface area contributed by atoms with E-state index < -0.39 is 9.84 Å². The van der Waals surface area contributed by atoms with Crippen LogP contribution in [-0.2, 0) is 16.4 Å². The smallest absolute Gasteiger partial charge is 0.223 e. The Bertz CT molecular complexity index is 529. The zero-order chi connectivity index (χ0) is 14.6. The lowest BCUT2D eigenvalue weighted by atomic mass is 10.1. The van der Waals surface area contributed by atoms with Crippen LogP contribution in [-0.4, -0.2) is 61.1 Å². The molecule has 0 aromatic carbocycles. The van der Waals surface area contributed by atoms with Crippen LogP contribution in [0.1, 0.15) is 24.6 Å². The highest BCUT2D eigenvalue weighted by Gasteiger charge is 2.21. The van der Waals surface area contributed by atoms with Gasteiger partial charge in [0.25, 0.3) is 0 Å². The van der Waals surface area contributed by atoms with Crippen LogP contribution in [0.15, 0.2) is 4.52 Å². The molecule has 0 saturated carbocycles. The number of likely N-dealkylation sites (tertiary alicyclic amines) is 1. The Morgan fingerprint density at radius 1 is 1.50 bits per heavy atom. The third kappa shape index (κ3) is 5.18. The van der Waals surface area contributed by atoms with E-state index in [0.717, 1.165) is 25.9 Å². The van der Waals surface area contributed by atoms with Crippen LogP contribution < -0.4 is 5.32 Å². The number of nitrogens with one attached hydrogen (secondary N) is 1. The van der Waals surface area contributed by atoms with Crippen molar-refractivity contribution in [2.45, 2.75) is 32.4 Å². The second kappa shape index (κ2) is 6.64. The zero-order valence-electron chi connectivity index (χ0n) is 12.0. The summed E-state index contributed by atoms with van der Waals surface area (Å²) >= 11 is 0. The van der Waals surface area contributed by atoms with Crippen molar-refractivity contribution in [1.29, 1.82) is 0 Å². The average Bonchev–Trinajstić information content (AvgIpc) is 2.73. The van der Waals surface area contributed by atoms with Crippen LogP contribution in [0.2, 0.25) is 0 Å². The van der Waals surface area contributed by atoms with E-state index >= 15 is 0 Å². The van der Waals surface area contributed by atoms with Gasteiger partial charge in [0.15, 0.2) is 5.82 Å². The molecule has 2 heterocycles. The molecule has 1 aromatic rings. The zero-order valence-corrected chi connectivity index (χ0v) is 12.8. The first-order chi connectivity index (χ1) is 9.42. The number of sulfone groups is 1. The summed E-state index contributed by atoms with van der Waals surface area (Å²) in [5.74, 6) is 1.48. The Balaban J connectivity index is 1.76. The third-order valence-electron chi connectivity index (χ3n) is 3.35. The molecule has 0 aliphatic carbocycles. The standard InChI is InChI=1S/C12H22N4O3S/c1-10-14-12(15-19-10)9-16-6-3-4-11(8-16)13-5-7-20(2,17)18/h11,13H,3-9H2,1-2H3. The molecule has 8 heteroatoms. The predicted octanol–water partition coefficient (Wildman–Crippen LogP) is -0.0234. The van der Waals surface area contributed by atoms with Crippen molar-refractivity contribution in [3.63, 3.8) is 0 Å². The normalized spacial score (nSPS) is 21.2. The quantitative estimate of drug-likeness (QED) is 0.789. The molecule has 0 radical (unpaired) electrons. The summed E-state index contributed by atoms with van der Waals surface area (Å²) in [5.41, 5.74) is 0. The van der Waals surface area contributed by atoms with Gasteiger partial charge in [-0.05, 0) is 19.4 Å². The molecule has 1 aromatic heterocycles. The Hall–Kier alpha value is -0.990. The summed E-state index contributed by atoms with van der Waals surface area (Å²) in [5, 5.41) is 7.22. The minimum atomic E-state index is -2.89. The van der Waals surface area contributed by atoms with Crippen LogP contribution in [0.4, 0.5) is 0 Å². The van der Waals surface area contributed by atoms with Gasteiger partial charge in [-0.3, -0.25) is 4.90 Å². The minimum Gasteiger partial charge on any atom is -0.340 e. The minimum absolute atomic E-state index is 0.188. The van der Waals surface area contributed by atoms with Gasteiger partial charge in [0.1, 0.15) is 9.84 Å². The summed E-state index contributed by atoms with van der Waals surface area (Å²) in [6, 6.07) is 0.332. The van der Waals surface area contributed by atoms with E-state index in [0.29, 0.717) is 30.8 Å². The molecule has 1 unspecified atom stereocenters. The number of piperidine rings is 1. The van der Waals surface area contributed by atoms with Crippen LogP contribution in [0.25, 0.3) is 0 Å².